The van der Waals surface area contributed by atoms with Crippen LogP contribution in [0.25, 0.3) is 0 Å². The monoisotopic (exact) mass is 347 g/mol. The van der Waals surface area contributed by atoms with Crippen LogP contribution < -0.4 is 26.0 Å². The maximum atomic E-state index is 12.2. The molecular formula is C17H21N3O5. The van der Waals surface area contributed by atoms with E-state index in [1.807, 2.05) is 13.0 Å². The lowest BCUT2D eigenvalue weighted by Crippen LogP contribution is -2.40. The summed E-state index contributed by atoms with van der Waals surface area (Å²) in [6.45, 7) is 1.65. The number of nitrogens with zero attached hydrogens (tertiary/aromatic N) is 2. The smallest absolute Gasteiger partial charge is 0.331 e. The number of ether oxygens (including phenoxy) is 2. The summed E-state index contributed by atoms with van der Waals surface area (Å²) in [5, 5.41) is 2.81. The van der Waals surface area contributed by atoms with Crippen molar-refractivity contribution < 1.29 is 14.3 Å². The van der Waals surface area contributed by atoms with Crippen LogP contribution >= 0.6 is 0 Å². The molecule has 0 spiro atoms. The molecular weight excluding hydrogens is 326 g/mol. The molecule has 1 aromatic heterocycles. The Labute approximate surface area is 144 Å². The number of benzene rings is 1. The third-order valence-corrected chi connectivity index (χ3v) is 3.86. The maximum absolute atomic E-state index is 12.2. The Balaban J connectivity index is 2.12. The third-order valence-electron chi connectivity index (χ3n) is 3.86. The lowest BCUT2D eigenvalue weighted by molar-refractivity contribution is -0.122. The average molecular weight is 347 g/mol. The number of carbonyl (C=O) groups is 1. The molecule has 0 aliphatic carbocycles. The molecule has 0 saturated heterocycles. The van der Waals surface area contributed by atoms with E-state index in [2.05, 4.69) is 5.32 Å². The topological polar surface area (TPSA) is 91.6 Å². The fraction of sp³-hybridized carbons (Fsp3) is 0.353. The normalized spacial score (nSPS) is 11.7. The molecule has 8 nitrogen and oxygen atoms in total. The van der Waals surface area contributed by atoms with Gasteiger partial charge in [0.15, 0.2) is 11.5 Å². The number of aromatic nitrogens is 2. The van der Waals surface area contributed by atoms with Crippen LogP contribution in [-0.2, 0) is 18.4 Å². The standard InChI is InChI=1S/C17H21N3O5/c1-11(12-5-6-13(24-3)14(9-12)25-4)18-15(21)10-20-8-7-16(22)19(2)17(20)23/h5-9,11H,10H2,1-4H3,(H,18,21)/t11-/m1/s1. The van der Waals surface area contributed by atoms with Gasteiger partial charge >= 0.3 is 5.69 Å². The van der Waals surface area contributed by atoms with Gasteiger partial charge in [0.1, 0.15) is 6.54 Å². The second kappa shape index (κ2) is 7.69. The predicted octanol–water partition coefficient (Wildman–Crippen LogP) is 0.442. The second-order valence-electron chi connectivity index (χ2n) is 5.53. The Morgan fingerprint density at radius 2 is 1.84 bits per heavy atom. The molecule has 1 atom stereocenters. The molecule has 134 valence electrons. The van der Waals surface area contributed by atoms with Crippen molar-refractivity contribution in [1.82, 2.24) is 14.5 Å². The molecule has 0 saturated carbocycles. The van der Waals surface area contributed by atoms with Crippen molar-refractivity contribution in [2.24, 2.45) is 7.05 Å². The highest BCUT2D eigenvalue weighted by Gasteiger charge is 2.14. The molecule has 0 radical (unpaired) electrons. The van der Waals surface area contributed by atoms with Crippen molar-refractivity contribution in [3.05, 3.63) is 56.9 Å². The Kier molecular flexibility index (Phi) is 5.63. The van der Waals surface area contributed by atoms with Crippen LogP contribution in [0.3, 0.4) is 0 Å². The van der Waals surface area contributed by atoms with Gasteiger partial charge in [-0.25, -0.2) is 4.79 Å². The van der Waals surface area contributed by atoms with Crippen molar-refractivity contribution in [2.75, 3.05) is 14.2 Å². The minimum atomic E-state index is -0.540. The van der Waals surface area contributed by atoms with E-state index in [4.69, 9.17) is 9.47 Å². The van der Waals surface area contributed by atoms with Crippen molar-refractivity contribution in [1.29, 1.82) is 0 Å². The van der Waals surface area contributed by atoms with Gasteiger partial charge in [-0.2, -0.15) is 0 Å². The number of hydrogen-bond donors (Lipinski definition) is 1. The van der Waals surface area contributed by atoms with Gasteiger partial charge in [-0.1, -0.05) is 6.07 Å². The summed E-state index contributed by atoms with van der Waals surface area (Å²) in [6, 6.07) is 6.31. The number of nitrogens with one attached hydrogen (secondary N) is 1. The van der Waals surface area contributed by atoms with E-state index in [0.29, 0.717) is 11.5 Å². The first kappa shape index (κ1) is 18.3. The minimum Gasteiger partial charge on any atom is -0.493 e. The van der Waals surface area contributed by atoms with Crippen LogP contribution in [0.2, 0.25) is 0 Å². The van der Waals surface area contributed by atoms with Crippen LogP contribution in [0.1, 0.15) is 18.5 Å². The van der Waals surface area contributed by atoms with Gasteiger partial charge in [0, 0.05) is 19.3 Å². The summed E-state index contributed by atoms with van der Waals surface area (Å²) in [4.78, 5) is 35.5. The van der Waals surface area contributed by atoms with E-state index < -0.39 is 11.2 Å². The van der Waals surface area contributed by atoms with Gasteiger partial charge in [0.2, 0.25) is 5.91 Å². The van der Waals surface area contributed by atoms with Crippen molar-refractivity contribution in [2.45, 2.75) is 19.5 Å². The number of amides is 1. The van der Waals surface area contributed by atoms with Crippen LogP contribution in [0.5, 0.6) is 11.5 Å². The zero-order chi connectivity index (χ0) is 18.6. The molecule has 25 heavy (non-hydrogen) atoms. The van der Waals surface area contributed by atoms with E-state index in [-0.39, 0.29) is 18.5 Å². The summed E-state index contributed by atoms with van der Waals surface area (Å²) >= 11 is 0. The highest BCUT2D eigenvalue weighted by atomic mass is 16.5. The molecule has 0 aliphatic rings. The van der Waals surface area contributed by atoms with Crippen LogP contribution in [0.4, 0.5) is 0 Å². The lowest BCUT2D eigenvalue weighted by atomic mass is 10.1. The molecule has 0 aliphatic heterocycles. The van der Waals surface area contributed by atoms with Gasteiger partial charge in [0.25, 0.3) is 5.56 Å². The van der Waals surface area contributed by atoms with Gasteiger partial charge in [-0.15, -0.1) is 0 Å². The molecule has 1 aromatic carbocycles. The van der Waals surface area contributed by atoms with Gasteiger partial charge < -0.3 is 14.8 Å². The fourth-order valence-corrected chi connectivity index (χ4v) is 2.38. The molecule has 1 amide bonds. The van der Waals surface area contributed by atoms with Crippen LogP contribution in [-0.4, -0.2) is 29.3 Å². The van der Waals surface area contributed by atoms with Crippen molar-refractivity contribution in [3.8, 4) is 11.5 Å². The Bertz CT molecular complexity index is 885. The zero-order valence-corrected chi connectivity index (χ0v) is 14.6. The van der Waals surface area contributed by atoms with E-state index in [9.17, 15) is 14.4 Å². The zero-order valence-electron chi connectivity index (χ0n) is 14.6. The predicted molar refractivity (Wildman–Crippen MR) is 92.0 cm³/mol. The first-order valence-corrected chi connectivity index (χ1v) is 7.65. The highest BCUT2D eigenvalue weighted by molar-refractivity contribution is 5.76. The lowest BCUT2D eigenvalue weighted by Gasteiger charge is -2.17. The van der Waals surface area contributed by atoms with Gasteiger partial charge in [0.05, 0.1) is 20.3 Å². The molecule has 2 aromatic rings. The van der Waals surface area contributed by atoms with E-state index in [0.717, 1.165) is 10.1 Å². The average Bonchev–Trinajstić information content (AvgIpc) is 2.61. The SMILES string of the molecule is COc1ccc([C@@H](C)NC(=O)Cn2ccc(=O)n(C)c2=O)cc1OC. The Morgan fingerprint density at radius 1 is 1.16 bits per heavy atom. The van der Waals surface area contributed by atoms with Crippen molar-refractivity contribution in [3.63, 3.8) is 0 Å². The molecule has 8 heteroatoms. The summed E-state index contributed by atoms with van der Waals surface area (Å²) in [5.41, 5.74) is -0.124. The number of methoxy groups -OCH3 is 2. The largest absolute Gasteiger partial charge is 0.493 e. The summed E-state index contributed by atoms with van der Waals surface area (Å²) < 4.78 is 12.6. The first-order valence-electron chi connectivity index (χ1n) is 7.65. The Hall–Kier alpha value is -3.03. The van der Waals surface area contributed by atoms with Crippen LogP contribution in [0.15, 0.2) is 40.1 Å². The number of hydrogen-bond acceptors (Lipinski definition) is 5. The van der Waals surface area contributed by atoms with Gasteiger partial charge in [-0.05, 0) is 24.6 Å². The number of carbonyl (C=O) groups excluding carboxylic acids is 1. The summed E-state index contributed by atoms with van der Waals surface area (Å²) in [6.07, 6.45) is 1.31. The van der Waals surface area contributed by atoms with E-state index in [1.54, 1.807) is 19.2 Å². The van der Waals surface area contributed by atoms with E-state index >= 15 is 0 Å². The maximum Gasteiger partial charge on any atom is 0.331 e. The quantitative estimate of drug-likeness (QED) is 0.819. The number of rotatable bonds is 6. The van der Waals surface area contributed by atoms with Gasteiger partial charge in [-0.3, -0.25) is 18.7 Å². The molecule has 1 N–H and O–H groups in total. The Morgan fingerprint density at radius 3 is 2.48 bits per heavy atom. The second-order valence-corrected chi connectivity index (χ2v) is 5.53. The molecule has 2 rings (SSSR count). The molecule has 0 unspecified atom stereocenters. The molecule has 0 bridgehead atoms. The third kappa shape index (κ3) is 4.09. The minimum absolute atomic E-state index is 0.176. The fourth-order valence-electron chi connectivity index (χ4n) is 2.38. The molecule has 0 fully saturated rings. The highest BCUT2D eigenvalue weighted by Crippen LogP contribution is 2.29. The molecule has 1 heterocycles. The summed E-state index contributed by atoms with van der Waals surface area (Å²) in [7, 11) is 4.45. The first-order chi connectivity index (χ1) is 11.9. The van der Waals surface area contributed by atoms with Crippen molar-refractivity contribution >= 4 is 5.91 Å². The van der Waals surface area contributed by atoms with Crippen LogP contribution in [0, 0.1) is 0 Å². The summed E-state index contributed by atoms with van der Waals surface area (Å²) in [5.74, 6) is 0.819. The van der Waals surface area contributed by atoms with E-state index in [1.165, 1.54) is 31.0 Å².